The monoisotopic (exact) mass is 685 g/mol. The quantitative estimate of drug-likeness (QED) is 0.232. The Morgan fingerprint density at radius 3 is 2.31 bits per heavy atom. The first-order chi connectivity index (χ1) is 22.9. The van der Waals surface area contributed by atoms with Crippen LogP contribution in [0.4, 0.5) is 0 Å². The van der Waals surface area contributed by atoms with Crippen molar-refractivity contribution in [2.75, 3.05) is 21.2 Å². The number of ketones is 2. The lowest BCUT2D eigenvalue weighted by molar-refractivity contribution is -0.294. The number of benzene rings is 1. The molecule has 1 fully saturated rings. The highest BCUT2D eigenvalue weighted by Crippen LogP contribution is 2.38. The van der Waals surface area contributed by atoms with E-state index in [4.69, 9.17) is 23.7 Å². The summed E-state index contributed by atoms with van der Waals surface area (Å²) in [6.45, 7) is 15.5. The van der Waals surface area contributed by atoms with Gasteiger partial charge in [-0.05, 0) is 84.8 Å². The van der Waals surface area contributed by atoms with Crippen LogP contribution >= 0.6 is 0 Å². The Labute approximate surface area is 290 Å². The molecule has 0 saturated carbocycles. The van der Waals surface area contributed by atoms with Crippen molar-refractivity contribution in [1.29, 1.82) is 0 Å². The zero-order chi connectivity index (χ0) is 36.8. The first kappa shape index (κ1) is 40.2. The SMILES string of the molecule is C=C[C@]1(O)/C=C(\C)C(=O)[C@H](C)C[C@@](C)(OC)[C@H](O[C@@H]2O[C@H](C)C[C@H](N(C)C)[C@H]2OC(=O)c2ccccc2)[C@@H](C)C(=O)[C@@H](C)C(=O)O[C@@H]1CC. The van der Waals surface area contributed by atoms with Crippen LogP contribution in [0.2, 0.25) is 0 Å². The number of carbonyl (C=O) groups excluding carboxylic acids is 4. The minimum atomic E-state index is -1.84. The van der Waals surface area contributed by atoms with Crippen molar-refractivity contribution in [2.24, 2.45) is 17.8 Å². The van der Waals surface area contributed by atoms with Gasteiger partial charge in [0, 0.05) is 18.9 Å². The molecule has 0 aromatic heterocycles. The minimum absolute atomic E-state index is 0.103. The molecule has 11 heteroatoms. The molecule has 3 rings (SSSR count). The molecule has 11 nitrogen and oxygen atoms in total. The molecule has 2 aliphatic heterocycles. The largest absolute Gasteiger partial charge is 0.458 e. The lowest BCUT2D eigenvalue weighted by Crippen LogP contribution is -2.60. The summed E-state index contributed by atoms with van der Waals surface area (Å²) in [6.07, 6.45) is -1.12. The fraction of sp³-hybridized carbons (Fsp3) is 0.632. The number of hydrogen-bond donors (Lipinski definition) is 1. The van der Waals surface area contributed by atoms with Crippen LogP contribution in [0.25, 0.3) is 0 Å². The van der Waals surface area contributed by atoms with Gasteiger partial charge in [-0.2, -0.15) is 0 Å². The summed E-state index contributed by atoms with van der Waals surface area (Å²) < 4.78 is 31.0. The molecule has 0 radical (unpaired) electrons. The van der Waals surface area contributed by atoms with Crippen LogP contribution in [0.15, 0.2) is 54.6 Å². The van der Waals surface area contributed by atoms with Crippen molar-refractivity contribution < 1.29 is 48.0 Å². The number of likely N-dealkylation sites (N-methyl/N-ethyl adjacent to an activating group) is 1. The van der Waals surface area contributed by atoms with E-state index >= 15 is 0 Å². The van der Waals surface area contributed by atoms with Crippen LogP contribution in [0.1, 0.15) is 78.1 Å². The highest BCUT2D eigenvalue weighted by atomic mass is 16.7. The molecule has 0 bridgehead atoms. The fourth-order valence-electron chi connectivity index (χ4n) is 6.98. The number of methoxy groups -OCH3 is 1. The molecule has 0 spiro atoms. The van der Waals surface area contributed by atoms with Gasteiger partial charge in [-0.15, -0.1) is 0 Å². The summed E-state index contributed by atoms with van der Waals surface area (Å²) in [5, 5.41) is 11.5. The Morgan fingerprint density at radius 2 is 1.76 bits per heavy atom. The normalized spacial score (nSPS) is 37.8. The average Bonchev–Trinajstić information content (AvgIpc) is 3.08. The maximum absolute atomic E-state index is 14.2. The first-order valence-corrected chi connectivity index (χ1v) is 17.0. The molecule has 0 unspecified atom stereocenters. The minimum Gasteiger partial charge on any atom is -0.458 e. The highest BCUT2D eigenvalue weighted by Gasteiger charge is 2.51. The Morgan fingerprint density at radius 1 is 1.12 bits per heavy atom. The fourth-order valence-corrected chi connectivity index (χ4v) is 6.98. The maximum atomic E-state index is 14.2. The number of carbonyl (C=O) groups is 4. The highest BCUT2D eigenvalue weighted by molar-refractivity contribution is 6.00. The number of allylic oxidation sites excluding steroid dienone is 1. The third-order valence-electron chi connectivity index (χ3n) is 10.0. The van der Waals surface area contributed by atoms with Crippen LogP contribution in [0, 0.1) is 17.8 Å². The van der Waals surface area contributed by atoms with Crippen LogP contribution in [-0.2, 0) is 38.1 Å². The topological polar surface area (TPSA) is 138 Å². The predicted octanol–water partition coefficient (Wildman–Crippen LogP) is 4.70. The third kappa shape index (κ3) is 9.12. The summed E-state index contributed by atoms with van der Waals surface area (Å²) in [6, 6.07) is 8.29. The molecule has 1 saturated heterocycles. The van der Waals surface area contributed by atoms with Gasteiger partial charge < -0.3 is 33.7 Å². The van der Waals surface area contributed by atoms with Crippen molar-refractivity contribution >= 4 is 23.5 Å². The van der Waals surface area contributed by atoms with Crippen molar-refractivity contribution in [1.82, 2.24) is 4.90 Å². The lowest BCUT2D eigenvalue weighted by Gasteiger charge is -2.47. The number of nitrogens with zero attached hydrogens (tertiary/aromatic N) is 1. The molecule has 2 aliphatic rings. The molecule has 0 aliphatic carbocycles. The average molecular weight is 686 g/mol. The molecule has 49 heavy (non-hydrogen) atoms. The van der Waals surface area contributed by atoms with Crippen LogP contribution in [0.3, 0.4) is 0 Å². The predicted molar refractivity (Wildman–Crippen MR) is 184 cm³/mol. The molecule has 0 amide bonds. The van der Waals surface area contributed by atoms with Gasteiger partial charge >= 0.3 is 11.9 Å². The van der Waals surface area contributed by atoms with Crippen LogP contribution < -0.4 is 0 Å². The van der Waals surface area contributed by atoms with Crippen molar-refractivity contribution in [3.05, 3.63) is 60.2 Å². The van der Waals surface area contributed by atoms with E-state index in [0.29, 0.717) is 12.0 Å². The molecule has 272 valence electrons. The van der Waals surface area contributed by atoms with Gasteiger partial charge in [0.1, 0.15) is 17.6 Å². The summed E-state index contributed by atoms with van der Waals surface area (Å²) >= 11 is 0. The van der Waals surface area contributed by atoms with Gasteiger partial charge in [-0.25, -0.2) is 4.79 Å². The molecule has 1 N–H and O–H groups in total. The second kappa shape index (κ2) is 16.7. The summed E-state index contributed by atoms with van der Waals surface area (Å²) in [4.78, 5) is 56.7. The third-order valence-corrected chi connectivity index (χ3v) is 10.0. The number of hydrogen-bond acceptors (Lipinski definition) is 11. The van der Waals surface area contributed by atoms with Gasteiger partial charge in [0.25, 0.3) is 0 Å². The van der Waals surface area contributed by atoms with Crippen molar-refractivity contribution in [2.45, 2.75) is 116 Å². The van der Waals surface area contributed by atoms with E-state index in [0.717, 1.165) is 0 Å². The number of aliphatic hydroxyl groups is 1. The van der Waals surface area contributed by atoms with E-state index in [-0.39, 0.29) is 36.3 Å². The Bertz CT molecular complexity index is 1380. The van der Waals surface area contributed by atoms with Gasteiger partial charge in [-0.3, -0.25) is 14.4 Å². The number of Topliss-reactive ketones (excluding diaryl/α,β-unsaturated/α-hetero) is 2. The van der Waals surface area contributed by atoms with Gasteiger partial charge in [-0.1, -0.05) is 51.6 Å². The smallest absolute Gasteiger partial charge is 0.338 e. The van der Waals surface area contributed by atoms with E-state index in [1.165, 1.54) is 26.2 Å². The van der Waals surface area contributed by atoms with E-state index in [1.54, 1.807) is 65.0 Å². The molecule has 1 aromatic carbocycles. The number of cyclic esters (lactones) is 1. The van der Waals surface area contributed by atoms with Crippen molar-refractivity contribution in [3.63, 3.8) is 0 Å². The first-order valence-electron chi connectivity index (χ1n) is 17.0. The Balaban J connectivity index is 2.14. The van der Waals surface area contributed by atoms with Crippen molar-refractivity contribution in [3.8, 4) is 0 Å². The second-order valence-corrected chi connectivity index (χ2v) is 14.0. The summed E-state index contributed by atoms with van der Waals surface area (Å²) in [7, 11) is 5.23. The second-order valence-electron chi connectivity index (χ2n) is 14.0. The number of esters is 2. The standard InChI is InChI=1S/C38H55NO10/c1-12-29-38(44,13-2)21-23(4)30(40)22(3)20-37(8,45-11)33(25(6)31(41)26(7)34(42)47-29)49-36-32(28(39(9)10)19-24(5)46-36)48-35(43)27-17-15-14-16-18-27/h13-18,21-22,24-26,28-29,32-33,36,44H,2,12,19-20H2,1,3-11H3/b23-21+/t22-,24-,25+,26-,28+,29-,32-,33-,36+,37-,38+/m1/s1. The molecular formula is C38H55NO10. The van der Waals surface area contributed by atoms with Crippen LogP contribution in [0.5, 0.6) is 0 Å². The lowest BCUT2D eigenvalue weighted by atomic mass is 9.77. The number of ether oxygens (including phenoxy) is 5. The summed E-state index contributed by atoms with van der Waals surface area (Å²) in [5.74, 6) is -5.06. The van der Waals surface area contributed by atoms with E-state index in [1.807, 2.05) is 25.9 Å². The zero-order valence-electron chi connectivity index (χ0n) is 30.6. The zero-order valence-corrected chi connectivity index (χ0v) is 30.6. The molecular weight excluding hydrogens is 630 g/mol. The maximum Gasteiger partial charge on any atom is 0.338 e. The van der Waals surface area contributed by atoms with E-state index in [9.17, 15) is 24.3 Å². The molecule has 1 aromatic rings. The van der Waals surface area contributed by atoms with Gasteiger partial charge in [0.05, 0.1) is 29.4 Å². The van der Waals surface area contributed by atoms with Gasteiger partial charge in [0.2, 0.25) is 0 Å². The Hall–Kier alpha value is -3.22. The van der Waals surface area contributed by atoms with Crippen LogP contribution in [-0.4, -0.2) is 103 Å². The molecule has 2 heterocycles. The van der Waals surface area contributed by atoms with E-state index < -0.39 is 71.3 Å². The number of rotatable bonds is 8. The molecule has 11 atom stereocenters. The van der Waals surface area contributed by atoms with Gasteiger partial charge in [0.15, 0.2) is 24.0 Å². The Kier molecular flexibility index (Phi) is 13.7. The summed E-state index contributed by atoms with van der Waals surface area (Å²) in [5.41, 5.74) is -2.52. The van der Waals surface area contributed by atoms with E-state index in [2.05, 4.69) is 6.58 Å².